The van der Waals surface area contributed by atoms with Crippen LogP contribution in [0.2, 0.25) is 0 Å². The lowest BCUT2D eigenvalue weighted by molar-refractivity contribution is 0.0711. The number of amides is 1. The standard InChI is InChI=1S/C19H22N2O4S2/c1-2-13-25-17-7-5-15(6-8-17)19(22)21-11-9-16(10-12-21)20-27(23,24)18-4-3-14-26-18/h2-8,14,16,20H,1,9-13H2. The van der Waals surface area contributed by atoms with Crippen molar-refractivity contribution in [2.24, 2.45) is 0 Å². The van der Waals surface area contributed by atoms with Gasteiger partial charge < -0.3 is 9.64 Å². The lowest BCUT2D eigenvalue weighted by Gasteiger charge is -2.32. The van der Waals surface area contributed by atoms with Crippen LogP contribution >= 0.6 is 11.3 Å². The van der Waals surface area contributed by atoms with Gasteiger partial charge in [-0.05, 0) is 48.6 Å². The summed E-state index contributed by atoms with van der Waals surface area (Å²) in [5.41, 5.74) is 0.596. The molecule has 0 bridgehead atoms. The smallest absolute Gasteiger partial charge is 0.253 e. The molecule has 2 aromatic rings. The van der Waals surface area contributed by atoms with Crippen LogP contribution in [0, 0.1) is 0 Å². The van der Waals surface area contributed by atoms with Crippen LogP contribution in [0.3, 0.4) is 0 Å². The predicted molar refractivity (Wildman–Crippen MR) is 106 cm³/mol. The second-order valence-corrected chi connectivity index (χ2v) is 9.13. The number of rotatable bonds is 7. The Bertz CT molecular complexity index is 869. The summed E-state index contributed by atoms with van der Waals surface area (Å²) in [6.45, 7) is 5.05. The van der Waals surface area contributed by atoms with E-state index in [0.29, 0.717) is 48.1 Å². The van der Waals surface area contributed by atoms with E-state index in [1.807, 2.05) is 0 Å². The summed E-state index contributed by atoms with van der Waals surface area (Å²) in [5, 5.41) is 1.74. The lowest BCUT2D eigenvalue weighted by Crippen LogP contribution is -2.46. The minimum atomic E-state index is -3.47. The van der Waals surface area contributed by atoms with Crippen LogP contribution in [0.15, 0.2) is 58.6 Å². The van der Waals surface area contributed by atoms with Gasteiger partial charge in [-0.15, -0.1) is 11.3 Å². The first-order valence-electron chi connectivity index (χ1n) is 8.68. The summed E-state index contributed by atoms with van der Waals surface area (Å²) in [6, 6.07) is 10.2. The molecule has 1 N–H and O–H groups in total. The molecule has 1 aromatic carbocycles. The highest BCUT2D eigenvalue weighted by Crippen LogP contribution is 2.20. The number of nitrogens with one attached hydrogen (secondary N) is 1. The summed E-state index contributed by atoms with van der Waals surface area (Å²) in [4.78, 5) is 14.4. The number of nitrogens with zero attached hydrogens (tertiary/aromatic N) is 1. The molecular weight excluding hydrogens is 384 g/mol. The number of thiophene rings is 1. The zero-order valence-electron chi connectivity index (χ0n) is 14.8. The SMILES string of the molecule is C=CCOc1ccc(C(=O)N2CCC(NS(=O)(=O)c3cccs3)CC2)cc1. The molecule has 0 saturated carbocycles. The maximum absolute atomic E-state index is 12.6. The molecule has 1 fully saturated rings. The summed E-state index contributed by atoms with van der Waals surface area (Å²) in [7, 11) is -3.47. The maximum Gasteiger partial charge on any atom is 0.253 e. The van der Waals surface area contributed by atoms with Crippen molar-refractivity contribution >= 4 is 27.3 Å². The summed E-state index contributed by atoms with van der Waals surface area (Å²) in [6.07, 6.45) is 2.85. The molecule has 27 heavy (non-hydrogen) atoms. The predicted octanol–water partition coefficient (Wildman–Crippen LogP) is 2.90. The normalized spacial score (nSPS) is 15.5. The average molecular weight is 407 g/mol. The number of benzene rings is 1. The third-order valence-corrected chi connectivity index (χ3v) is 7.25. The quantitative estimate of drug-likeness (QED) is 0.718. The first-order valence-corrected chi connectivity index (χ1v) is 11.0. The van der Waals surface area contributed by atoms with Crippen LogP contribution in [0.25, 0.3) is 0 Å². The zero-order valence-corrected chi connectivity index (χ0v) is 16.5. The third-order valence-electron chi connectivity index (χ3n) is 4.33. The fourth-order valence-corrected chi connectivity index (χ4v) is 5.24. The van der Waals surface area contributed by atoms with Gasteiger partial charge >= 0.3 is 0 Å². The van der Waals surface area contributed by atoms with Crippen molar-refractivity contribution < 1.29 is 17.9 Å². The maximum atomic E-state index is 12.6. The van der Waals surface area contributed by atoms with Crippen molar-refractivity contribution in [3.8, 4) is 5.75 Å². The van der Waals surface area contributed by atoms with Crippen molar-refractivity contribution in [3.05, 3.63) is 60.0 Å². The van der Waals surface area contributed by atoms with E-state index in [2.05, 4.69) is 11.3 Å². The molecule has 1 aromatic heterocycles. The van der Waals surface area contributed by atoms with E-state index in [9.17, 15) is 13.2 Å². The highest BCUT2D eigenvalue weighted by atomic mass is 32.2. The van der Waals surface area contributed by atoms with Gasteiger partial charge in [-0.2, -0.15) is 0 Å². The van der Waals surface area contributed by atoms with E-state index >= 15 is 0 Å². The molecule has 0 aliphatic carbocycles. The van der Waals surface area contributed by atoms with Gasteiger partial charge in [0.15, 0.2) is 0 Å². The molecule has 0 atom stereocenters. The minimum Gasteiger partial charge on any atom is -0.490 e. The van der Waals surface area contributed by atoms with E-state index < -0.39 is 10.0 Å². The number of sulfonamides is 1. The third kappa shape index (κ3) is 4.97. The van der Waals surface area contributed by atoms with Gasteiger partial charge in [-0.3, -0.25) is 4.79 Å². The second-order valence-electron chi connectivity index (χ2n) is 6.24. The average Bonchev–Trinajstić information content (AvgIpc) is 3.22. The summed E-state index contributed by atoms with van der Waals surface area (Å²) in [5.74, 6) is 0.637. The zero-order chi connectivity index (χ0) is 19.3. The van der Waals surface area contributed by atoms with Crippen molar-refractivity contribution in [2.45, 2.75) is 23.1 Å². The van der Waals surface area contributed by atoms with E-state index in [1.165, 1.54) is 11.3 Å². The van der Waals surface area contributed by atoms with Crippen LogP contribution < -0.4 is 9.46 Å². The number of piperidine rings is 1. The minimum absolute atomic E-state index is 0.0511. The van der Waals surface area contributed by atoms with Crippen molar-refractivity contribution in [1.82, 2.24) is 9.62 Å². The van der Waals surface area contributed by atoms with Crippen LogP contribution in [-0.4, -0.2) is 45.0 Å². The number of likely N-dealkylation sites (tertiary alicyclic amines) is 1. The van der Waals surface area contributed by atoms with Gasteiger partial charge in [0.1, 0.15) is 16.6 Å². The number of ether oxygens (including phenoxy) is 1. The molecular formula is C19H22N2O4S2. The van der Waals surface area contributed by atoms with Gasteiger partial charge in [0, 0.05) is 24.7 Å². The first-order chi connectivity index (χ1) is 13.0. The largest absolute Gasteiger partial charge is 0.490 e. The van der Waals surface area contributed by atoms with Crippen LogP contribution in [0.4, 0.5) is 0 Å². The van der Waals surface area contributed by atoms with E-state index in [-0.39, 0.29) is 11.9 Å². The summed E-state index contributed by atoms with van der Waals surface area (Å²) < 4.78 is 33.1. The Hall–Kier alpha value is -2.16. The highest BCUT2D eigenvalue weighted by Gasteiger charge is 2.27. The molecule has 0 radical (unpaired) electrons. The van der Waals surface area contributed by atoms with Gasteiger partial charge in [-0.25, -0.2) is 13.1 Å². The first kappa shape index (κ1) is 19.6. The van der Waals surface area contributed by atoms with E-state index in [1.54, 1.807) is 52.8 Å². The van der Waals surface area contributed by atoms with Crippen molar-refractivity contribution in [1.29, 1.82) is 0 Å². The van der Waals surface area contributed by atoms with Gasteiger partial charge in [0.2, 0.25) is 10.0 Å². The topological polar surface area (TPSA) is 75.7 Å². The molecule has 0 spiro atoms. The Labute approximate surface area is 163 Å². The Kier molecular flexibility index (Phi) is 6.30. The molecule has 0 unspecified atom stereocenters. The Morgan fingerprint density at radius 3 is 2.56 bits per heavy atom. The second kappa shape index (κ2) is 8.69. The monoisotopic (exact) mass is 406 g/mol. The molecule has 144 valence electrons. The van der Waals surface area contributed by atoms with Crippen LogP contribution in [0.1, 0.15) is 23.2 Å². The van der Waals surface area contributed by atoms with Gasteiger partial charge in [0.25, 0.3) is 5.91 Å². The highest BCUT2D eigenvalue weighted by molar-refractivity contribution is 7.91. The summed E-state index contributed by atoms with van der Waals surface area (Å²) >= 11 is 1.20. The molecule has 6 nitrogen and oxygen atoms in total. The van der Waals surface area contributed by atoms with Crippen LogP contribution in [-0.2, 0) is 10.0 Å². The van der Waals surface area contributed by atoms with Crippen molar-refractivity contribution in [3.63, 3.8) is 0 Å². The fraction of sp³-hybridized carbons (Fsp3) is 0.316. The molecule has 1 aliphatic rings. The molecule has 1 amide bonds. The van der Waals surface area contributed by atoms with Crippen molar-refractivity contribution in [2.75, 3.05) is 19.7 Å². The molecule has 2 heterocycles. The molecule has 8 heteroatoms. The fourth-order valence-electron chi connectivity index (χ4n) is 2.93. The van der Waals surface area contributed by atoms with Gasteiger partial charge in [-0.1, -0.05) is 18.7 Å². The van der Waals surface area contributed by atoms with Gasteiger partial charge in [0.05, 0.1) is 0 Å². The lowest BCUT2D eigenvalue weighted by atomic mass is 10.0. The molecule has 1 saturated heterocycles. The van der Waals surface area contributed by atoms with E-state index in [0.717, 1.165) is 0 Å². The van der Waals surface area contributed by atoms with Crippen LogP contribution in [0.5, 0.6) is 5.75 Å². The molecule has 3 rings (SSSR count). The number of hydrogen-bond donors (Lipinski definition) is 1. The number of hydrogen-bond acceptors (Lipinski definition) is 5. The molecule has 1 aliphatic heterocycles. The Balaban J connectivity index is 1.54. The number of carbonyl (C=O) groups is 1. The number of carbonyl (C=O) groups excluding carboxylic acids is 1. The Morgan fingerprint density at radius 1 is 1.26 bits per heavy atom. The Morgan fingerprint density at radius 2 is 1.96 bits per heavy atom. The van der Waals surface area contributed by atoms with E-state index in [4.69, 9.17) is 4.74 Å².